The summed E-state index contributed by atoms with van der Waals surface area (Å²) in [4.78, 5) is 10.9. The predicted octanol–water partition coefficient (Wildman–Crippen LogP) is 1.29. The second-order valence-electron chi connectivity index (χ2n) is 4.97. The van der Waals surface area contributed by atoms with Crippen LogP contribution in [0, 0.1) is 10.8 Å². The van der Waals surface area contributed by atoms with Crippen LogP contribution in [-0.2, 0) is 14.3 Å². The van der Waals surface area contributed by atoms with E-state index in [0.717, 1.165) is 32.3 Å². The highest BCUT2D eigenvalue weighted by molar-refractivity contribution is 5.79. The van der Waals surface area contributed by atoms with Gasteiger partial charge in [0.05, 0.1) is 18.6 Å². The van der Waals surface area contributed by atoms with E-state index in [0.29, 0.717) is 18.6 Å². The fraction of sp³-hybridized carbons (Fsp3) is 0.909. The molecule has 3 aliphatic carbocycles. The van der Waals surface area contributed by atoms with Crippen LogP contribution in [0.2, 0.25) is 0 Å². The van der Waals surface area contributed by atoms with Gasteiger partial charge in [0.25, 0.3) is 0 Å². The maximum Gasteiger partial charge on any atom is 0.309 e. The Bertz CT molecular complexity index is 242. The number of carboxylic acid groups (broad SMARTS) is 1. The highest BCUT2D eigenvalue weighted by atomic mass is 16.5. The topological polar surface area (TPSA) is 55.8 Å². The quantitative estimate of drug-likeness (QED) is 0.649. The Hall–Kier alpha value is -0.610. The molecule has 0 spiro atoms. The Morgan fingerprint density at radius 3 is 2.47 bits per heavy atom. The molecule has 0 atom stereocenters. The SMILES string of the molecule is COCCOCCC12CC(C(=O)O)(C1)C2. The van der Waals surface area contributed by atoms with Gasteiger partial charge in [-0.15, -0.1) is 0 Å². The first-order valence-corrected chi connectivity index (χ1v) is 5.43. The van der Waals surface area contributed by atoms with Crippen molar-refractivity contribution in [3.63, 3.8) is 0 Å². The first kappa shape index (κ1) is 10.9. The summed E-state index contributed by atoms with van der Waals surface area (Å²) < 4.78 is 10.3. The summed E-state index contributed by atoms with van der Waals surface area (Å²) in [6, 6.07) is 0. The second kappa shape index (κ2) is 3.76. The highest BCUT2D eigenvalue weighted by Gasteiger charge is 2.71. The molecule has 3 fully saturated rings. The lowest BCUT2D eigenvalue weighted by atomic mass is 9.34. The molecule has 15 heavy (non-hydrogen) atoms. The van der Waals surface area contributed by atoms with Gasteiger partial charge in [-0.3, -0.25) is 4.79 Å². The van der Waals surface area contributed by atoms with Gasteiger partial charge in [-0.05, 0) is 31.1 Å². The van der Waals surface area contributed by atoms with Crippen molar-refractivity contribution >= 4 is 5.97 Å². The molecule has 0 aromatic carbocycles. The third-order valence-electron chi connectivity index (χ3n) is 3.80. The summed E-state index contributed by atoms with van der Waals surface area (Å²) in [5.41, 5.74) is -0.0298. The first-order valence-electron chi connectivity index (χ1n) is 5.43. The van der Waals surface area contributed by atoms with Crippen molar-refractivity contribution < 1.29 is 19.4 Å². The lowest BCUT2D eigenvalue weighted by Gasteiger charge is -2.68. The van der Waals surface area contributed by atoms with Gasteiger partial charge in [0, 0.05) is 13.7 Å². The minimum absolute atomic E-state index is 0.311. The number of aliphatic carboxylic acids is 1. The van der Waals surface area contributed by atoms with Gasteiger partial charge in [-0.1, -0.05) is 0 Å². The highest BCUT2D eigenvalue weighted by Crippen LogP contribution is 2.74. The van der Waals surface area contributed by atoms with E-state index in [1.54, 1.807) is 7.11 Å². The average Bonchev–Trinajstić information content (AvgIpc) is 2.04. The molecule has 0 amide bonds. The Morgan fingerprint density at radius 1 is 1.27 bits per heavy atom. The molecule has 0 aromatic heterocycles. The van der Waals surface area contributed by atoms with Crippen LogP contribution >= 0.6 is 0 Å². The molecule has 0 aromatic rings. The molecule has 0 radical (unpaired) electrons. The number of hydrogen-bond acceptors (Lipinski definition) is 3. The van der Waals surface area contributed by atoms with Gasteiger partial charge in [0.15, 0.2) is 0 Å². The van der Waals surface area contributed by atoms with Crippen molar-refractivity contribution in [2.45, 2.75) is 25.7 Å². The van der Waals surface area contributed by atoms with Crippen LogP contribution < -0.4 is 0 Å². The molecule has 0 saturated heterocycles. The fourth-order valence-electron chi connectivity index (χ4n) is 3.02. The van der Waals surface area contributed by atoms with Crippen LogP contribution in [0.1, 0.15) is 25.7 Å². The Morgan fingerprint density at radius 2 is 1.93 bits per heavy atom. The summed E-state index contributed by atoms with van der Waals surface area (Å²) in [7, 11) is 1.65. The zero-order valence-corrected chi connectivity index (χ0v) is 9.12. The monoisotopic (exact) mass is 214 g/mol. The summed E-state index contributed by atoms with van der Waals surface area (Å²) in [5.74, 6) is -0.607. The molecule has 0 unspecified atom stereocenters. The van der Waals surface area contributed by atoms with Crippen molar-refractivity contribution in [2.75, 3.05) is 26.9 Å². The van der Waals surface area contributed by atoms with E-state index in [1.165, 1.54) is 0 Å². The van der Waals surface area contributed by atoms with E-state index in [4.69, 9.17) is 14.6 Å². The van der Waals surface area contributed by atoms with Crippen molar-refractivity contribution in [2.24, 2.45) is 10.8 Å². The van der Waals surface area contributed by atoms with Gasteiger partial charge < -0.3 is 14.6 Å². The van der Waals surface area contributed by atoms with Crippen LogP contribution in [0.15, 0.2) is 0 Å². The average molecular weight is 214 g/mol. The third-order valence-corrected chi connectivity index (χ3v) is 3.80. The minimum Gasteiger partial charge on any atom is -0.481 e. The van der Waals surface area contributed by atoms with Crippen molar-refractivity contribution in [3.8, 4) is 0 Å². The van der Waals surface area contributed by atoms with Gasteiger partial charge in [-0.2, -0.15) is 0 Å². The zero-order valence-electron chi connectivity index (χ0n) is 9.12. The summed E-state index contributed by atoms with van der Waals surface area (Å²) >= 11 is 0. The largest absolute Gasteiger partial charge is 0.481 e. The smallest absolute Gasteiger partial charge is 0.309 e. The molecule has 0 aliphatic heterocycles. The molecular weight excluding hydrogens is 196 g/mol. The minimum atomic E-state index is -0.607. The van der Waals surface area contributed by atoms with Gasteiger partial charge in [-0.25, -0.2) is 0 Å². The predicted molar refractivity (Wildman–Crippen MR) is 53.7 cm³/mol. The number of methoxy groups -OCH3 is 1. The van der Waals surface area contributed by atoms with Gasteiger partial charge in [0.1, 0.15) is 0 Å². The van der Waals surface area contributed by atoms with E-state index in [9.17, 15) is 4.79 Å². The number of carbonyl (C=O) groups is 1. The molecule has 0 heterocycles. The molecule has 3 aliphatic rings. The Balaban J connectivity index is 1.59. The van der Waals surface area contributed by atoms with Crippen molar-refractivity contribution in [3.05, 3.63) is 0 Å². The fourth-order valence-corrected chi connectivity index (χ4v) is 3.02. The van der Waals surface area contributed by atoms with E-state index in [1.807, 2.05) is 0 Å². The standard InChI is InChI=1S/C11H18O4/c1-14-4-5-15-3-2-10-6-11(7-10,8-10)9(12)13/h2-8H2,1H3,(H,12,13). The number of rotatable bonds is 7. The summed E-state index contributed by atoms with van der Waals surface area (Å²) in [6.45, 7) is 2.00. The van der Waals surface area contributed by atoms with Crippen LogP contribution in [-0.4, -0.2) is 38.0 Å². The third kappa shape index (κ3) is 1.76. The normalized spacial score (nSPS) is 36.9. The lowest BCUT2D eigenvalue weighted by Crippen LogP contribution is -2.65. The zero-order chi connectivity index (χ0) is 10.9. The van der Waals surface area contributed by atoms with Crippen molar-refractivity contribution in [1.29, 1.82) is 0 Å². The molecule has 2 bridgehead atoms. The molecule has 3 rings (SSSR count). The van der Waals surface area contributed by atoms with Gasteiger partial charge in [0.2, 0.25) is 0 Å². The van der Waals surface area contributed by atoms with Gasteiger partial charge >= 0.3 is 5.97 Å². The van der Waals surface area contributed by atoms with E-state index in [-0.39, 0.29) is 5.41 Å². The van der Waals surface area contributed by atoms with E-state index >= 15 is 0 Å². The van der Waals surface area contributed by atoms with E-state index < -0.39 is 5.97 Å². The van der Waals surface area contributed by atoms with Crippen LogP contribution in [0.5, 0.6) is 0 Å². The number of carboxylic acids is 1. The van der Waals surface area contributed by atoms with Crippen LogP contribution in [0.25, 0.3) is 0 Å². The number of ether oxygens (including phenoxy) is 2. The lowest BCUT2D eigenvalue weighted by molar-refractivity contribution is -0.228. The maximum atomic E-state index is 10.9. The molecule has 3 saturated carbocycles. The summed E-state index contributed by atoms with van der Waals surface area (Å²) in [5, 5.41) is 8.94. The molecule has 4 nitrogen and oxygen atoms in total. The number of hydrogen-bond donors (Lipinski definition) is 1. The molecule has 4 heteroatoms. The maximum absolute atomic E-state index is 10.9. The molecular formula is C11H18O4. The van der Waals surface area contributed by atoms with Crippen molar-refractivity contribution in [1.82, 2.24) is 0 Å². The Kier molecular flexibility index (Phi) is 2.73. The molecule has 86 valence electrons. The van der Waals surface area contributed by atoms with Crippen LogP contribution in [0.4, 0.5) is 0 Å². The first-order chi connectivity index (χ1) is 7.13. The summed E-state index contributed by atoms with van der Waals surface area (Å²) in [6.07, 6.45) is 3.60. The van der Waals surface area contributed by atoms with E-state index in [2.05, 4.69) is 0 Å². The second-order valence-corrected chi connectivity index (χ2v) is 4.97. The Labute approximate surface area is 89.6 Å². The van der Waals surface area contributed by atoms with Crippen LogP contribution in [0.3, 0.4) is 0 Å². The molecule has 1 N–H and O–H groups in total.